The molecule has 0 atom stereocenters. The predicted molar refractivity (Wildman–Crippen MR) is 129 cm³/mol. The van der Waals surface area contributed by atoms with E-state index in [4.69, 9.17) is 13.3 Å². The zero-order chi connectivity index (χ0) is 25.8. The molecule has 4 aromatic rings. The molecule has 0 saturated heterocycles. The van der Waals surface area contributed by atoms with Gasteiger partial charge in [-0.1, -0.05) is 12.1 Å². The molecule has 0 bridgehead atoms. The van der Waals surface area contributed by atoms with Crippen molar-refractivity contribution in [1.82, 2.24) is 4.31 Å². The Morgan fingerprint density at radius 3 is 2.14 bits per heavy atom. The molecule has 11 heteroatoms. The van der Waals surface area contributed by atoms with Gasteiger partial charge in [-0.2, -0.15) is 12.7 Å². The van der Waals surface area contributed by atoms with Crippen LogP contribution in [-0.2, 0) is 33.2 Å². The topological polar surface area (TPSA) is 103 Å². The number of rotatable bonds is 10. The van der Waals surface area contributed by atoms with Gasteiger partial charge in [0.1, 0.15) is 28.0 Å². The van der Waals surface area contributed by atoms with Crippen molar-refractivity contribution in [2.45, 2.75) is 22.9 Å². The molecule has 0 fully saturated rings. The van der Waals surface area contributed by atoms with Crippen LogP contribution in [0.2, 0.25) is 0 Å². The van der Waals surface area contributed by atoms with Gasteiger partial charge in [0.05, 0.1) is 24.8 Å². The smallest absolute Gasteiger partial charge is 0.339 e. The zero-order valence-electron chi connectivity index (χ0n) is 19.1. The Morgan fingerprint density at radius 1 is 0.806 bits per heavy atom. The van der Waals surface area contributed by atoms with Crippen LogP contribution < -0.4 is 8.92 Å². The van der Waals surface area contributed by atoms with Gasteiger partial charge in [0.2, 0.25) is 10.0 Å². The first kappa shape index (κ1) is 25.4. The maximum Gasteiger partial charge on any atom is 0.339 e. The van der Waals surface area contributed by atoms with Crippen molar-refractivity contribution >= 4 is 20.1 Å². The van der Waals surface area contributed by atoms with Crippen LogP contribution >= 0.6 is 0 Å². The Morgan fingerprint density at radius 2 is 1.50 bits per heavy atom. The number of hydrogen-bond donors (Lipinski definition) is 0. The van der Waals surface area contributed by atoms with Gasteiger partial charge in [-0.25, -0.2) is 12.8 Å². The number of methoxy groups -OCH3 is 1. The summed E-state index contributed by atoms with van der Waals surface area (Å²) in [4.78, 5) is -0.156. The van der Waals surface area contributed by atoms with Crippen molar-refractivity contribution < 1.29 is 34.6 Å². The van der Waals surface area contributed by atoms with Gasteiger partial charge < -0.3 is 13.3 Å². The summed E-state index contributed by atoms with van der Waals surface area (Å²) in [6.07, 6.45) is 1.45. The van der Waals surface area contributed by atoms with Crippen LogP contribution in [0.3, 0.4) is 0 Å². The largest absolute Gasteiger partial charge is 0.497 e. The fourth-order valence-electron chi connectivity index (χ4n) is 3.37. The summed E-state index contributed by atoms with van der Waals surface area (Å²) in [6, 6.07) is 19.6. The summed E-state index contributed by atoms with van der Waals surface area (Å²) in [5, 5.41) is 0. The van der Waals surface area contributed by atoms with Crippen molar-refractivity contribution in [3.05, 3.63) is 108 Å². The van der Waals surface area contributed by atoms with Crippen LogP contribution in [0.15, 0.2) is 105 Å². The molecule has 0 saturated carbocycles. The number of halogens is 1. The molecule has 0 unspecified atom stereocenters. The molecule has 36 heavy (non-hydrogen) atoms. The van der Waals surface area contributed by atoms with Crippen molar-refractivity contribution in [3.8, 4) is 11.5 Å². The minimum atomic E-state index is -4.22. The van der Waals surface area contributed by atoms with Gasteiger partial charge in [0.25, 0.3) is 0 Å². The molecule has 8 nitrogen and oxygen atoms in total. The van der Waals surface area contributed by atoms with Crippen molar-refractivity contribution in [3.63, 3.8) is 0 Å². The molecule has 0 aliphatic carbocycles. The Hall–Kier alpha value is -3.67. The molecule has 0 N–H and O–H groups in total. The van der Waals surface area contributed by atoms with Crippen molar-refractivity contribution in [2.24, 2.45) is 0 Å². The number of benzene rings is 3. The van der Waals surface area contributed by atoms with Gasteiger partial charge >= 0.3 is 10.1 Å². The van der Waals surface area contributed by atoms with Crippen LogP contribution in [0.5, 0.6) is 11.5 Å². The van der Waals surface area contributed by atoms with E-state index in [-0.39, 0.29) is 28.6 Å². The summed E-state index contributed by atoms with van der Waals surface area (Å²) in [5.41, 5.74) is 0.477. The minimum absolute atomic E-state index is 0.0170. The van der Waals surface area contributed by atoms with Crippen LogP contribution in [0, 0.1) is 5.82 Å². The van der Waals surface area contributed by atoms with E-state index in [0.717, 1.165) is 24.3 Å². The average molecular weight is 532 g/mol. The third-order valence-electron chi connectivity index (χ3n) is 5.18. The van der Waals surface area contributed by atoms with Gasteiger partial charge in [0, 0.05) is 6.54 Å². The molecule has 1 aromatic heterocycles. The van der Waals surface area contributed by atoms with Crippen LogP contribution in [0.25, 0.3) is 0 Å². The minimum Gasteiger partial charge on any atom is -0.497 e. The van der Waals surface area contributed by atoms with E-state index >= 15 is 0 Å². The van der Waals surface area contributed by atoms with Gasteiger partial charge in [-0.05, 0) is 78.4 Å². The van der Waals surface area contributed by atoms with E-state index in [1.54, 1.807) is 36.4 Å². The lowest BCUT2D eigenvalue weighted by Gasteiger charge is -2.22. The van der Waals surface area contributed by atoms with Crippen LogP contribution in [0.1, 0.15) is 11.3 Å². The second-order valence-corrected chi connectivity index (χ2v) is 11.2. The number of furan rings is 1. The van der Waals surface area contributed by atoms with E-state index in [0.29, 0.717) is 17.1 Å². The number of nitrogens with zero attached hydrogens (tertiary/aromatic N) is 1. The number of hydrogen-bond acceptors (Lipinski definition) is 7. The van der Waals surface area contributed by atoms with E-state index in [9.17, 15) is 21.2 Å². The molecule has 188 valence electrons. The Balaban J connectivity index is 1.61. The Bertz CT molecular complexity index is 1520. The predicted octanol–water partition coefficient (Wildman–Crippen LogP) is 4.59. The first-order valence-corrected chi connectivity index (χ1v) is 13.5. The fraction of sp³-hybridized carbons (Fsp3) is 0.120. The fourth-order valence-corrected chi connectivity index (χ4v) is 5.69. The summed E-state index contributed by atoms with van der Waals surface area (Å²) < 4.78 is 82.2. The summed E-state index contributed by atoms with van der Waals surface area (Å²) >= 11 is 0. The average Bonchev–Trinajstić information content (AvgIpc) is 3.37. The van der Waals surface area contributed by atoms with Gasteiger partial charge in [-0.15, -0.1) is 0 Å². The summed E-state index contributed by atoms with van der Waals surface area (Å²) in [7, 11) is -6.71. The standard InChI is InChI=1S/C25H22FNO7S2/c1-32-21-9-13-24(14-10-21)35(28,29)27(18-23-6-3-15-33-23)17-19-4-2-5-22(16-19)34-36(30,31)25-11-7-20(26)8-12-25/h2-16H,17-18H2,1H3. The monoisotopic (exact) mass is 531 g/mol. The first-order chi connectivity index (χ1) is 17.2. The van der Waals surface area contributed by atoms with E-state index in [2.05, 4.69) is 0 Å². The lowest BCUT2D eigenvalue weighted by Crippen LogP contribution is -2.30. The van der Waals surface area contributed by atoms with Crippen molar-refractivity contribution in [2.75, 3.05) is 7.11 Å². The maximum absolute atomic E-state index is 13.5. The molecule has 4 rings (SSSR count). The molecular formula is C25H22FNO7S2. The van der Waals surface area contributed by atoms with Crippen LogP contribution in [0.4, 0.5) is 4.39 Å². The normalized spacial score (nSPS) is 12.0. The highest BCUT2D eigenvalue weighted by molar-refractivity contribution is 7.89. The van der Waals surface area contributed by atoms with Crippen molar-refractivity contribution in [1.29, 1.82) is 0 Å². The van der Waals surface area contributed by atoms with Gasteiger partial charge in [-0.3, -0.25) is 0 Å². The third kappa shape index (κ3) is 5.93. The van der Waals surface area contributed by atoms with Gasteiger partial charge in [0.15, 0.2) is 0 Å². The molecular weight excluding hydrogens is 509 g/mol. The highest BCUT2D eigenvalue weighted by atomic mass is 32.2. The molecule has 1 heterocycles. The zero-order valence-corrected chi connectivity index (χ0v) is 20.7. The molecule has 0 radical (unpaired) electrons. The highest BCUT2D eigenvalue weighted by Crippen LogP contribution is 2.26. The van der Waals surface area contributed by atoms with E-state index in [1.165, 1.54) is 41.9 Å². The molecule has 0 spiro atoms. The number of sulfonamides is 1. The van der Waals surface area contributed by atoms with E-state index in [1.807, 2.05) is 0 Å². The lowest BCUT2D eigenvalue weighted by molar-refractivity contribution is 0.358. The quantitative estimate of drug-likeness (QED) is 0.276. The first-order valence-electron chi connectivity index (χ1n) is 10.6. The molecule has 0 amide bonds. The summed E-state index contributed by atoms with van der Waals surface area (Å²) in [6.45, 7) is -0.150. The molecule has 3 aromatic carbocycles. The Kier molecular flexibility index (Phi) is 7.43. The third-order valence-corrected chi connectivity index (χ3v) is 8.24. The lowest BCUT2D eigenvalue weighted by atomic mass is 10.2. The second-order valence-electron chi connectivity index (χ2n) is 7.67. The highest BCUT2D eigenvalue weighted by Gasteiger charge is 2.26. The van der Waals surface area contributed by atoms with Crippen LogP contribution in [-0.4, -0.2) is 28.3 Å². The SMILES string of the molecule is COc1ccc(S(=O)(=O)N(Cc2cccc(OS(=O)(=O)c3ccc(F)cc3)c2)Cc2ccco2)cc1. The second kappa shape index (κ2) is 10.5. The maximum atomic E-state index is 13.5. The molecule has 0 aliphatic rings. The number of ether oxygens (including phenoxy) is 1. The molecule has 0 aliphatic heterocycles. The van der Waals surface area contributed by atoms with E-state index < -0.39 is 26.0 Å². The summed E-state index contributed by atoms with van der Waals surface area (Å²) in [5.74, 6) is 0.347. The Labute approximate surface area is 208 Å².